The summed E-state index contributed by atoms with van der Waals surface area (Å²) in [7, 11) is 0. The summed E-state index contributed by atoms with van der Waals surface area (Å²) in [5.74, 6) is 1.44. The van der Waals surface area contributed by atoms with E-state index in [9.17, 15) is 15.5 Å². The number of nitrogens with zero attached hydrogens (tertiary/aromatic N) is 4. The van der Waals surface area contributed by atoms with Gasteiger partial charge in [-0.15, -0.1) is 0 Å². The number of aryl methyl sites for hydroxylation is 1. The Morgan fingerprint density at radius 2 is 1.86 bits per heavy atom. The van der Waals surface area contributed by atoms with Crippen LogP contribution in [0.5, 0.6) is 0 Å². The van der Waals surface area contributed by atoms with Crippen LogP contribution in [-0.2, 0) is 0 Å². The van der Waals surface area contributed by atoms with Gasteiger partial charge in [-0.1, -0.05) is 0 Å². The highest BCUT2D eigenvalue weighted by molar-refractivity contribution is 5.62. The molecule has 1 aromatic heterocycles. The maximum absolute atomic E-state index is 9.43. The van der Waals surface area contributed by atoms with E-state index in [1.807, 2.05) is 13.0 Å². The predicted octanol–water partition coefficient (Wildman–Crippen LogP) is 1.04. The highest BCUT2D eigenvalue weighted by Gasteiger charge is 2.19. The third-order valence-corrected chi connectivity index (χ3v) is 4.02. The van der Waals surface area contributed by atoms with Crippen LogP contribution >= 0.6 is 0 Å². The lowest BCUT2D eigenvalue weighted by molar-refractivity contribution is 0.280. The number of hydrogen-bond acceptors (Lipinski definition) is 6. The maximum Gasteiger partial charge on any atom is 0.149 e. The molecule has 0 bridgehead atoms. The number of piperidine rings is 1. The summed E-state index contributed by atoms with van der Waals surface area (Å²) in [6.07, 6.45) is 3.57. The van der Waals surface area contributed by atoms with Crippen molar-refractivity contribution in [3.05, 3.63) is 17.2 Å². The van der Waals surface area contributed by atoms with Gasteiger partial charge in [0.05, 0.1) is 18.8 Å². The molecule has 1 saturated heterocycles. The van der Waals surface area contributed by atoms with Gasteiger partial charge >= 0.3 is 0 Å². The molecule has 2 N–H and O–H groups in total. The third kappa shape index (κ3) is 3.67. The number of aliphatic hydroxyl groups is 2. The van der Waals surface area contributed by atoms with Gasteiger partial charge in [-0.05, 0) is 37.8 Å². The van der Waals surface area contributed by atoms with Crippen molar-refractivity contribution in [2.45, 2.75) is 26.2 Å². The minimum Gasteiger partial charge on any atom is -0.395 e. The van der Waals surface area contributed by atoms with Gasteiger partial charge in [0.1, 0.15) is 17.7 Å². The summed E-state index contributed by atoms with van der Waals surface area (Å²) in [4.78, 5) is 8.70. The van der Waals surface area contributed by atoms with Gasteiger partial charge in [-0.3, -0.25) is 0 Å². The highest BCUT2D eigenvalue weighted by Crippen LogP contribution is 2.27. The van der Waals surface area contributed by atoms with E-state index >= 15 is 0 Å². The average molecular weight is 304 g/mol. The first kappa shape index (κ1) is 16.5. The number of aliphatic hydroxyl groups excluding tert-OH is 2. The average Bonchev–Trinajstić information content (AvgIpc) is 2.54. The second-order valence-electron chi connectivity index (χ2n) is 5.59. The molecule has 1 aliphatic heterocycles. The Balaban J connectivity index is 2.40. The Morgan fingerprint density at radius 3 is 2.41 bits per heavy atom. The first-order valence-electron chi connectivity index (χ1n) is 7.84. The van der Waals surface area contributed by atoms with Crippen LogP contribution in [-0.4, -0.2) is 54.6 Å². The number of rotatable bonds is 6. The second-order valence-corrected chi connectivity index (χ2v) is 5.59. The predicted molar refractivity (Wildman–Crippen MR) is 86.1 cm³/mol. The molecular weight excluding hydrogens is 280 g/mol. The van der Waals surface area contributed by atoms with E-state index in [-0.39, 0.29) is 13.2 Å². The van der Waals surface area contributed by atoms with Crippen molar-refractivity contribution in [3.63, 3.8) is 0 Å². The molecule has 0 aromatic carbocycles. The van der Waals surface area contributed by atoms with Crippen molar-refractivity contribution in [1.29, 1.82) is 5.26 Å². The zero-order valence-electron chi connectivity index (χ0n) is 13.1. The Hall–Kier alpha value is -1.84. The minimum absolute atomic E-state index is 0.0421. The monoisotopic (exact) mass is 304 g/mol. The van der Waals surface area contributed by atoms with Crippen LogP contribution in [0.2, 0.25) is 0 Å². The lowest BCUT2D eigenvalue weighted by Crippen LogP contribution is -2.34. The van der Waals surface area contributed by atoms with Crippen molar-refractivity contribution in [2.24, 2.45) is 0 Å². The Labute approximate surface area is 131 Å². The fraction of sp³-hybridized carbons (Fsp3) is 0.625. The number of hydrogen-bond donors (Lipinski definition) is 2. The largest absolute Gasteiger partial charge is 0.395 e. The Morgan fingerprint density at radius 1 is 1.23 bits per heavy atom. The van der Waals surface area contributed by atoms with Crippen LogP contribution in [0.4, 0.5) is 11.6 Å². The van der Waals surface area contributed by atoms with Gasteiger partial charge in [0.25, 0.3) is 0 Å². The van der Waals surface area contributed by atoms with Gasteiger partial charge in [0.2, 0.25) is 0 Å². The molecule has 1 aliphatic rings. The fourth-order valence-electron chi connectivity index (χ4n) is 2.86. The first-order valence-corrected chi connectivity index (χ1v) is 7.84. The van der Waals surface area contributed by atoms with Crippen molar-refractivity contribution in [3.8, 4) is 6.07 Å². The number of nitriles is 1. The van der Waals surface area contributed by atoms with Crippen molar-refractivity contribution < 1.29 is 10.2 Å². The zero-order chi connectivity index (χ0) is 15.9. The highest BCUT2D eigenvalue weighted by atomic mass is 16.3. The van der Waals surface area contributed by atoms with E-state index in [4.69, 9.17) is 0 Å². The molecular formula is C16H24N4O2. The van der Waals surface area contributed by atoms with Gasteiger partial charge in [0, 0.05) is 26.2 Å². The zero-order valence-corrected chi connectivity index (χ0v) is 13.1. The van der Waals surface area contributed by atoms with E-state index in [2.05, 4.69) is 16.0 Å². The lowest BCUT2D eigenvalue weighted by Gasteiger charge is -2.30. The van der Waals surface area contributed by atoms with Crippen molar-refractivity contribution in [1.82, 2.24) is 4.98 Å². The van der Waals surface area contributed by atoms with E-state index in [1.165, 1.54) is 6.42 Å². The van der Waals surface area contributed by atoms with E-state index in [0.29, 0.717) is 24.5 Å². The van der Waals surface area contributed by atoms with E-state index < -0.39 is 0 Å². The van der Waals surface area contributed by atoms with Gasteiger partial charge < -0.3 is 20.0 Å². The van der Waals surface area contributed by atoms with E-state index in [1.54, 1.807) is 4.90 Å². The molecule has 0 aliphatic carbocycles. The van der Waals surface area contributed by atoms with Gasteiger partial charge in [-0.2, -0.15) is 5.26 Å². The van der Waals surface area contributed by atoms with Gasteiger partial charge in [-0.25, -0.2) is 4.98 Å². The molecule has 1 aromatic rings. The quantitative estimate of drug-likeness (QED) is 0.817. The molecule has 6 nitrogen and oxygen atoms in total. The normalized spacial score (nSPS) is 14.7. The molecule has 0 radical (unpaired) electrons. The van der Waals surface area contributed by atoms with Crippen molar-refractivity contribution >= 4 is 11.6 Å². The molecule has 0 amide bonds. The number of aromatic nitrogens is 1. The molecule has 6 heteroatoms. The molecule has 1 fully saturated rings. The Bertz CT molecular complexity index is 530. The fourth-order valence-corrected chi connectivity index (χ4v) is 2.86. The number of anilines is 2. The minimum atomic E-state index is -0.0421. The standard InChI is InChI=1S/C16H24N4O2/c1-13-11-15(19-5-3-2-4-6-19)18-16(14(13)12-17)20(7-9-21)8-10-22/h11,21-22H,2-10H2,1H3. The summed E-state index contributed by atoms with van der Waals surface area (Å²) in [5, 5.41) is 27.9. The summed E-state index contributed by atoms with van der Waals surface area (Å²) in [5.41, 5.74) is 1.40. The summed E-state index contributed by atoms with van der Waals surface area (Å²) < 4.78 is 0. The molecule has 2 heterocycles. The summed E-state index contributed by atoms with van der Waals surface area (Å²) in [6.45, 7) is 4.50. The number of pyridine rings is 1. The molecule has 120 valence electrons. The van der Waals surface area contributed by atoms with E-state index in [0.717, 1.165) is 37.3 Å². The van der Waals surface area contributed by atoms with Gasteiger partial charge in [0.15, 0.2) is 0 Å². The first-order chi connectivity index (χ1) is 10.7. The van der Waals surface area contributed by atoms with Crippen LogP contribution in [0.1, 0.15) is 30.4 Å². The van der Waals surface area contributed by atoms with Crippen LogP contribution in [0.25, 0.3) is 0 Å². The lowest BCUT2D eigenvalue weighted by atomic mass is 10.1. The third-order valence-electron chi connectivity index (χ3n) is 4.02. The SMILES string of the molecule is Cc1cc(N2CCCCC2)nc(N(CCO)CCO)c1C#N. The second kappa shape index (κ2) is 7.97. The molecule has 0 atom stereocenters. The van der Waals surface area contributed by atoms with Crippen LogP contribution in [0.15, 0.2) is 6.07 Å². The summed E-state index contributed by atoms with van der Waals surface area (Å²) >= 11 is 0. The maximum atomic E-state index is 9.43. The molecule has 2 rings (SSSR count). The smallest absolute Gasteiger partial charge is 0.149 e. The van der Waals surface area contributed by atoms with Crippen LogP contribution in [0, 0.1) is 18.3 Å². The molecule has 0 spiro atoms. The summed E-state index contributed by atoms with van der Waals surface area (Å²) in [6, 6.07) is 4.17. The van der Waals surface area contributed by atoms with Crippen LogP contribution in [0.3, 0.4) is 0 Å². The van der Waals surface area contributed by atoms with Crippen molar-refractivity contribution in [2.75, 3.05) is 49.2 Å². The van der Waals surface area contributed by atoms with Crippen LogP contribution < -0.4 is 9.80 Å². The molecule has 22 heavy (non-hydrogen) atoms. The Kier molecular flexibility index (Phi) is 5.99. The molecule has 0 unspecified atom stereocenters. The molecule has 0 saturated carbocycles. The topological polar surface area (TPSA) is 83.6 Å².